The first-order valence-corrected chi connectivity index (χ1v) is 9.03. The highest BCUT2D eigenvalue weighted by Gasteiger charge is 2.42. The molecule has 1 aliphatic rings. The van der Waals surface area contributed by atoms with Gasteiger partial charge in [0.2, 0.25) is 0 Å². The minimum Gasteiger partial charge on any atom is -0.504 e. The van der Waals surface area contributed by atoms with Crippen LogP contribution in [0.5, 0.6) is 11.5 Å². The van der Waals surface area contributed by atoms with Crippen LogP contribution >= 0.6 is 0 Å². The predicted molar refractivity (Wildman–Crippen MR) is 105 cm³/mol. The highest BCUT2D eigenvalue weighted by atomic mass is 16.6. The van der Waals surface area contributed by atoms with Crippen molar-refractivity contribution in [3.8, 4) is 11.5 Å². The third-order valence-corrected chi connectivity index (χ3v) is 4.63. The molecule has 1 fully saturated rings. The standard InChI is InChI=1S/C19H19N3O9/c23-11-3-6-21(7-4-11)19-17(27)16(26)14(31-19)2-1-5-20-18(28)12-8-10(22(29)30)9-13(24)15(12)25/h1-4,6-9,14,16-17,19,24-27H,5H2,(H,20,28)/b2-1+/t14-,16-,17-,19-/m1/s1. The van der Waals surface area contributed by atoms with E-state index in [-0.39, 0.29) is 12.0 Å². The first kappa shape index (κ1) is 22.0. The molecule has 12 heteroatoms. The number of non-ortho nitro benzene ring substituents is 1. The van der Waals surface area contributed by atoms with Crippen molar-refractivity contribution < 1.29 is 34.9 Å². The Morgan fingerprint density at radius 1 is 1.23 bits per heavy atom. The number of phenols is 2. The van der Waals surface area contributed by atoms with Crippen molar-refractivity contribution in [2.24, 2.45) is 0 Å². The molecule has 3 rings (SSSR count). The molecular weight excluding hydrogens is 414 g/mol. The summed E-state index contributed by atoms with van der Waals surface area (Å²) in [4.78, 5) is 33.4. The summed E-state index contributed by atoms with van der Waals surface area (Å²) in [7, 11) is 0. The van der Waals surface area contributed by atoms with Gasteiger partial charge in [0, 0.05) is 37.1 Å². The van der Waals surface area contributed by atoms with Crippen LogP contribution in [0, 0.1) is 10.1 Å². The normalized spacial score (nSPS) is 23.2. The smallest absolute Gasteiger partial charge is 0.274 e. The van der Waals surface area contributed by atoms with Gasteiger partial charge in [0.25, 0.3) is 11.6 Å². The minimum atomic E-state index is -1.27. The van der Waals surface area contributed by atoms with Crippen LogP contribution in [0.15, 0.2) is 53.6 Å². The van der Waals surface area contributed by atoms with Gasteiger partial charge in [0.05, 0.1) is 16.6 Å². The van der Waals surface area contributed by atoms with Crippen LogP contribution in [0.2, 0.25) is 0 Å². The van der Waals surface area contributed by atoms with Crippen LogP contribution in [0.3, 0.4) is 0 Å². The fraction of sp³-hybridized carbons (Fsp3) is 0.263. The molecule has 2 heterocycles. The zero-order valence-corrected chi connectivity index (χ0v) is 15.9. The van der Waals surface area contributed by atoms with E-state index in [0.29, 0.717) is 0 Å². The van der Waals surface area contributed by atoms with E-state index in [1.807, 2.05) is 0 Å². The van der Waals surface area contributed by atoms with Gasteiger partial charge in [0.1, 0.15) is 18.3 Å². The van der Waals surface area contributed by atoms with Crippen molar-refractivity contribution in [2.75, 3.05) is 6.54 Å². The number of amides is 1. The Labute approximate surface area is 174 Å². The summed E-state index contributed by atoms with van der Waals surface area (Å²) in [6, 6.07) is 4.10. The number of aliphatic hydroxyl groups excluding tert-OH is 2. The highest BCUT2D eigenvalue weighted by Crippen LogP contribution is 2.33. The molecule has 0 unspecified atom stereocenters. The molecule has 0 spiro atoms. The summed E-state index contributed by atoms with van der Waals surface area (Å²) in [5.41, 5.74) is -1.27. The van der Waals surface area contributed by atoms with Gasteiger partial charge < -0.3 is 35.0 Å². The van der Waals surface area contributed by atoms with E-state index in [9.17, 15) is 40.1 Å². The van der Waals surface area contributed by atoms with Crippen molar-refractivity contribution in [3.63, 3.8) is 0 Å². The maximum absolute atomic E-state index is 12.2. The summed E-state index contributed by atoms with van der Waals surface area (Å²) in [6.07, 6.45) is 1.27. The number of carbonyl (C=O) groups is 1. The number of ether oxygens (including phenoxy) is 1. The Hall–Kier alpha value is -3.74. The van der Waals surface area contributed by atoms with E-state index >= 15 is 0 Å². The van der Waals surface area contributed by atoms with Crippen molar-refractivity contribution in [2.45, 2.75) is 24.5 Å². The topological polar surface area (TPSA) is 184 Å². The number of benzene rings is 1. The summed E-state index contributed by atoms with van der Waals surface area (Å²) in [6.45, 7) is -0.104. The average molecular weight is 433 g/mol. The van der Waals surface area contributed by atoms with Crippen molar-refractivity contribution in [1.82, 2.24) is 9.88 Å². The SMILES string of the molecule is O=C(NC/C=C/[C@H]1O[C@@H](n2ccc(=O)cc2)[C@H](O)[C@@H]1O)c1cc([N+](=O)[O-])cc(O)c1O. The molecule has 1 aromatic carbocycles. The summed E-state index contributed by atoms with van der Waals surface area (Å²) in [5, 5.41) is 52.9. The molecule has 1 amide bonds. The lowest BCUT2D eigenvalue weighted by Crippen LogP contribution is -2.31. The molecule has 1 saturated heterocycles. The van der Waals surface area contributed by atoms with E-state index in [2.05, 4.69) is 5.32 Å². The molecule has 31 heavy (non-hydrogen) atoms. The van der Waals surface area contributed by atoms with Crippen molar-refractivity contribution >= 4 is 11.6 Å². The Bertz CT molecular complexity index is 1060. The molecule has 4 atom stereocenters. The van der Waals surface area contributed by atoms with E-state index in [1.54, 1.807) is 0 Å². The maximum Gasteiger partial charge on any atom is 0.274 e. The van der Waals surface area contributed by atoms with Crippen molar-refractivity contribution in [3.05, 3.63) is 74.7 Å². The average Bonchev–Trinajstić information content (AvgIpc) is 3.01. The van der Waals surface area contributed by atoms with Gasteiger partial charge in [-0.1, -0.05) is 12.2 Å². The number of nitrogens with one attached hydrogen (secondary N) is 1. The monoisotopic (exact) mass is 433 g/mol. The number of carbonyl (C=O) groups excluding carboxylic acids is 1. The number of hydrogen-bond acceptors (Lipinski definition) is 9. The summed E-state index contributed by atoms with van der Waals surface area (Å²) >= 11 is 0. The van der Waals surface area contributed by atoms with Crippen LogP contribution in [-0.2, 0) is 4.74 Å². The lowest BCUT2D eigenvalue weighted by molar-refractivity contribution is -0.385. The largest absolute Gasteiger partial charge is 0.504 e. The molecular formula is C19H19N3O9. The van der Waals surface area contributed by atoms with E-state index in [0.717, 1.165) is 12.1 Å². The maximum atomic E-state index is 12.2. The molecule has 2 aromatic rings. The second-order valence-electron chi connectivity index (χ2n) is 6.71. The van der Waals surface area contributed by atoms with Crippen LogP contribution < -0.4 is 10.7 Å². The number of aliphatic hydroxyl groups is 2. The molecule has 1 aromatic heterocycles. The third kappa shape index (κ3) is 4.71. The predicted octanol–water partition coefficient (Wildman–Crippen LogP) is -0.227. The second kappa shape index (κ2) is 8.95. The number of hydrogen-bond donors (Lipinski definition) is 5. The van der Waals surface area contributed by atoms with E-state index < -0.39 is 58.1 Å². The minimum absolute atomic E-state index is 0.104. The highest BCUT2D eigenvalue weighted by molar-refractivity contribution is 5.98. The molecule has 0 radical (unpaired) electrons. The first-order chi connectivity index (χ1) is 14.7. The van der Waals surface area contributed by atoms with Gasteiger partial charge >= 0.3 is 0 Å². The van der Waals surface area contributed by atoms with Crippen LogP contribution in [0.4, 0.5) is 5.69 Å². The fourth-order valence-electron chi connectivity index (χ4n) is 3.02. The Kier molecular flexibility index (Phi) is 6.34. The lowest BCUT2D eigenvalue weighted by atomic mass is 10.1. The number of pyridine rings is 1. The van der Waals surface area contributed by atoms with Gasteiger partial charge in [-0.25, -0.2) is 0 Å². The summed E-state index contributed by atoms with van der Waals surface area (Å²) in [5.74, 6) is -2.48. The van der Waals surface area contributed by atoms with Crippen LogP contribution in [0.25, 0.3) is 0 Å². The first-order valence-electron chi connectivity index (χ1n) is 9.03. The molecule has 0 bridgehead atoms. The molecule has 0 aliphatic carbocycles. The Balaban J connectivity index is 1.62. The number of nitro benzene ring substituents is 1. The van der Waals surface area contributed by atoms with Gasteiger partial charge in [-0.2, -0.15) is 0 Å². The number of phenolic OH excluding ortho intramolecular Hbond substituents is 2. The van der Waals surface area contributed by atoms with Gasteiger partial charge in [-0.05, 0) is 0 Å². The third-order valence-electron chi connectivity index (χ3n) is 4.63. The molecule has 0 saturated carbocycles. The number of aromatic nitrogens is 1. The number of rotatable bonds is 6. The van der Waals surface area contributed by atoms with Crippen LogP contribution in [0.1, 0.15) is 16.6 Å². The number of aromatic hydroxyl groups is 2. The van der Waals surface area contributed by atoms with Crippen molar-refractivity contribution in [1.29, 1.82) is 0 Å². The van der Waals surface area contributed by atoms with E-state index in [4.69, 9.17) is 4.74 Å². The number of nitrogens with zero attached hydrogens (tertiary/aromatic N) is 2. The quantitative estimate of drug-likeness (QED) is 0.178. The van der Waals surface area contributed by atoms with Crippen LogP contribution in [-0.4, -0.2) is 60.7 Å². The lowest BCUT2D eigenvalue weighted by Gasteiger charge is -2.17. The van der Waals surface area contributed by atoms with E-state index in [1.165, 1.54) is 41.2 Å². The van der Waals surface area contributed by atoms with Gasteiger partial charge in [0.15, 0.2) is 23.2 Å². The zero-order valence-electron chi connectivity index (χ0n) is 15.9. The molecule has 5 N–H and O–H groups in total. The molecule has 1 aliphatic heterocycles. The molecule has 12 nitrogen and oxygen atoms in total. The summed E-state index contributed by atoms with van der Waals surface area (Å²) < 4.78 is 7.03. The Morgan fingerprint density at radius 2 is 1.90 bits per heavy atom. The number of nitro groups is 1. The fourth-order valence-corrected chi connectivity index (χ4v) is 3.02. The van der Waals surface area contributed by atoms with Gasteiger partial charge in [-0.15, -0.1) is 0 Å². The molecule has 164 valence electrons. The Morgan fingerprint density at radius 3 is 2.55 bits per heavy atom. The van der Waals surface area contributed by atoms with Gasteiger partial charge in [-0.3, -0.25) is 19.7 Å². The zero-order chi connectivity index (χ0) is 22.7. The second-order valence-corrected chi connectivity index (χ2v) is 6.71.